The van der Waals surface area contributed by atoms with Gasteiger partial charge in [0.15, 0.2) is 11.5 Å². The highest BCUT2D eigenvalue weighted by atomic mass is 16.5. The number of methoxy groups -OCH3 is 1. The number of ether oxygens (including phenoxy) is 1. The number of benzene rings is 2. The first-order valence-corrected chi connectivity index (χ1v) is 16.1. The number of H-pyrrole nitrogens is 1. The summed E-state index contributed by atoms with van der Waals surface area (Å²) in [6, 6.07) is 15.9. The second-order valence-corrected chi connectivity index (χ2v) is 11.4. The van der Waals surface area contributed by atoms with Crippen LogP contribution in [0.2, 0.25) is 0 Å². The maximum absolute atomic E-state index is 12.9. The van der Waals surface area contributed by atoms with Crippen molar-refractivity contribution >= 4 is 48.3 Å². The summed E-state index contributed by atoms with van der Waals surface area (Å²) in [7, 11) is 1.30. The zero-order valence-electron chi connectivity index (χ0n) is 28.5. The van der Waals surface area contributed by atoms with E-state index < -0.39 is 23.8 Å². The Kier molecular flexibility index (Phi) is 12.4. The van der Waals surface area contributed by atoms with Crippen molar-refractivity contribution < 1.29 is 19.4 Å². The number of aromatic nitrogens is 7. The van der Waals surface area contributed by atoms with Crippen LogP contribution in [0.15, 0.2) is 70.1 Å². The summed E-state index contributed by atoms with van der Waals surface area (Å²) in [5.74, 6) is -0.488. The van der Waals surface area contributed by atoms with E-state index >= 15 is 0 Å². The number of hydrogen-bond donors (Lipinski definition) is 5. The largest absolute Gasteiger partial charge is 0.492 e. The number of aliphatic hydroxyl groups excluding tert-OH is 1. The van der Waals surface area contributed by atoms with Crippen molar-refractivity contribution in [3.63, 3.8) is 0 Å². The number of piperazine rings is 1. The highest BCUT2D eigenvalue weighted by molar-refractivity contribution is 5.94. The van der Waals surface area contributed by atoms with Gasteiger partial charge in [-0.1, -0.05) is 24.3 Å². The maximum Gasteiger partial charge on any atom is 0.328 e. The van der Waals surface area contributed by atoms with Gasteiger partial charge in [-0.05, 0) is 59.5 Å². The molecule has 1 fully saturated rings. The summed E-state index contributed by atoms with van der Waals surface area (Å²) in [5, 5.41) is 42.3. The number of nitrogens with one attached hydrogen (secondary N) is 4. The molecule has 1 amide bonds. The lowest BCUT2D eigenvalue weighted by molar-refractivity contribution is -0.141. The Labute approximate surface area is 298 Å². The fourth-order valence-corrected chi connectivity index (χ4v) is 5.25. The van der Waals surface area contributed by atoms with Gasteiger partial charge in [0.05, 0.1) is 25.3 Å². The van der Waals surface area contributed by atoms with Gasteiger partial charge in [0, 0.05) is 51.0 Å². The molecule has 3 heterocycles. The number of nitrogens with zero attached hydrogens (tertiary/aromatic N) is 11. The molecule has 2 aromatic carbocycles. The third-order valence-corrected chi connectivity index (χ3v) is 7.82. The van der Waals surface area contributed by atoms with Crippen molar-refractivity contribution in [2.75, 3.05) is 49.2 Å². The SMILES string of the molecule is C=N/C(C(=O)N1CCN(Cc2cccc(Nc3nc(NCc4nnn[nH]4)nc(N[C@@H](Cc4ccc(C#N)cc4)C(=O)OC)n3)c2)CC1)=C(O)\N=C/C. The van der Waals surface area contributed by atoms with E-state index in [1.807, 2.05) is 24.3 Å². The Morgan fingerprint density at radius 2 is 1.85 bits per heavy atom. The van der Waals surface area contributed by atoms with Crippen LogP contribution in [0.5, 0.6) is 0 Å². The molecule has 0 bridgehead atoms. The molecule has 0 unspecified atom stereocenters. The van der Waals surface area contributed by atoms with Crippen molar-refractivity contribution in [2.24, 2.45) is 9.98 Å². The van der Waals surface area contributed by atoms with Crippen LogP contribution < -0.4 is 16.0 Å². The minimum absolute atomic E-state index is 0.0998. The Bertz CT molecular complexity index is 1950. The van der Waals surface area contributed by atoms with E-state index in [0.717, 1.165) is 11.1 Å². The van der Waals surface area contributed by atoms with Gasteiger partial charge in [-0.25, -0.2) is 14.9 Å². The van der Waals surface area contributed by atoms with Crippen LogP contribution in [0.1, 0.15) is 29.4 Å². The normalized spacial score (nSPS) is 14.2. The van der Waals surface area contributed by atoms with Gasteiger partial charge in [-0.2, -0.15) is 20.2 Å². The molecule has 5 N–H and O–H groups in total. The number of hydrogen-bond acceptors (Lipinski definition) is 17. The van der Waals surface area contributed by atoms with E-state index in [1.165, 1.54) is 13.3 Å². The highest BCUT2D eigenvalue weighted by Gasteiger charge is 2.26. The Morgan fingerprint density at radius 1 is 1.10 bits per heavy atom. The van der Waals surface area contributed by atoms with Gasteiger partial charge in [0.2, 0.25) is 23.7 Å². The van der Waals surface area contributed by atoms with E-state index in [4.69, 9.17) is 10.00 Å². The zero-order valence-corrected chi connectivity index (χ0v) is 28.5. The summed E-state index contributed by atoms with van der Waals surface area (Å²) < 4.78 is 5.05. The van der Waals surface area contributed by atoms with Crippen LogP contribution >= 0.6 is 0 Å². The molecule has 0 aliphatic carbocycles. The second-order valence-electron chi connectivity index (χ2n) is 11.4. The van der Waals surface area contributed by atoms with E-state index in [2.05, 4.69) is 79.2 Å². The fraction of sp³-hybridized carbons (Fsp3) is 0.303. The molecule has 52 heavy (non-hydrogen) atoms. The number of amides is 1. The molecule has 1 aliphatic rings. The third-order valence-electron chi connectivity index (χ3n) is 7.82. The van der Waals surface area contributed by atoms with Crippen molar-refractivity contribution in [3.8, 4) is 6.07 Å². The fourth-order valence-electron chi connectivity index (χ4n) is 5.25. The van der Waals surface area contributed by atoms with Gasteiger partial charge in [-0.3, -0.25) is 14.7 Å². The van der Waals surface area contributed by atoms with Crippen LogP contribution in [0.4, 0.5) is 23.5 Å². The Balaban J connectivity index is 1.29. The third kappa shape index (κ3) is 9.88. The number of anilines is 4. The first-order valence-electron chi connectivity index (χ1n) is 16.1. The van der Waals surface area contributed by atoms with Gasteiger partial charge >= 0.3 is 5.97 Å². The Hall–Kier alpha value is -6.81. The summed E-state index contributed by atoms with van der Waals surface area (Å²) in [6.45, 7) is 7.92. The molecule has 1 aliphatic heterocycles. The standard InChI is InChI=1S/C33H37N15O4/c1-4-36-28(49)27(35-2)29(50)48-14-12-47(13-15-48)20-23-6-5-7-24(16-23)38-32-40-31(37-19-26-43-45-46-44-26)41-33(42-32)39-25(30(51)52-3)17-21-8-10-22(18-34)11-9-21/h4-11,16,25,49H,2,12-15,17,19-20H2,1,3H3,(H,43,44,45,46)(H3,37,38,39,40,41,42)/b28-27+,36-4-/t25-/m0/s1. The smallest absolute Gasteiger partial charge is 0.328 e. The predicted octanol–water partition coefficient (Wildman–Crippen LogP) is 1.97. The topological polar surface area (TPSA) is 248 Å². The number of aromatic amines is 1. The first-order chi connectivity index (χ1) is 25.3. The average molecular weight is 708 g/mol. The molecule has 19 nitrogen and oxygen atoms in total. The minimum Gasteiger partial charge on any atom is -0.492 e. The van der Waals surface area contributed by atoms with Gasteiger partial charge in [0.1, 0.15) is 6.04 Å². The van der Waals surface area contributed by atoms with Crippen LogP contribution in [0, 0.1) is 11.3 Å². The molecule has 4 aromatic rings. The number of aliphatic hydroxyl groups is 1. The molecule has 2 aromatic heterocycles. The van der Waals surface area contributed by atoms with E-state index in [1.54, 1.807) is 36.1 Å². The molecule has 0 radical (unpaired) electrons. The number of rotatable bonds is 15. The van der Waals surface area contributed by atoms with Gasteiger partial charge in [-0.15, -0.1) is 5.10 Å². The van der Waals surface area contributed by atoms with Gasteiger partial charge in [0.25, 0.3) is 5.91 Å². The molecular formula is C33H37N15O4. The lowest BCUT2D eigenvalue weighted by Gasteiger charge is -2.34. The molecule has 0 saturated carbocycles. The van der Waals surface area contributed by atoms with Crippen LogP contribution in [-0.4, -0.2) is 115 Å². The van der Waals surface area contributed by atoms with Crippen LogP contribution in [0.25, 0.3) is 0 Å². The predicted molar refractivity (Wildman–Crippen MR) is 191 cm³/mol. The quantitative estimate of drug-likeness (QED) is 0.0513. The Morgan fingerprint density at radius 3 is 2.52 bits per heavy atom. The number of carbonyl (C=O) groups excluding carboxylic acids is 2. The molecule has 0 spiro atoms. The van der Waals surface area contributed by atoms with Crippen molar-refractivity contribution in [2.45, 2.75) is 32.5 Å². The van der Waals surface area contributed by atoms with Crippen molar-refractivity contribution in [3.05, 3.63) is 82.6 Å². The number of carbonyl (C=O) groups is 2. The zero-order chi connectivity index (χ0) is 36.9. The number of nitriles is 1. The van der Waals surface area contributed by atoms with Crippen molar-refractivity contribution in [1.29, 1.82) is 5.26 Å². The van der Waals surface area contributed by atoms with E-state index in [9.17, 15) is 14.7 Å². The minimum atomic E-state index is -0.857. The lowest BCUT2D eigenvalue weighted by Crippen LogP contribution is -2.48. The van der Waals surface area contributed by atoms with E-state index in [-0.39, 0.29) is 36.5 Å². The molecule has 1 atom stereocenters. The maximum atomic E-state index is 12.9. The van der Waals surface area contributed by atoms with E-state index in [0.29, 0.717) is 49.8 Å². The summed E-state index contributed by atoms with van der Waals surface area (Å²) in [5.41, 5.74) is 2.83. The first kappa shape index (κ1) is 36.5. The summed E-state index contributed by atoms with van der Waals surface area (Å²) in [4.78, 5) is 50.5. The van der Waals surface area contributed by atoms with Gasteiger partial charge < -0.3 is 30.7 Å². The summed E-state index contributed by atoms with van der Waals surface area (Å²) in [6.07, 6.45) is 1.61. The molecular weight excluding hydrogens is 670 g/mol. The number of tetrazole rings is 1. The average Bonchev–Trinajstić information content (AvgIpc) is 3.68. The molecule has 19 heteroatoms. The molecule has 268 valence electrons. The molecule has 1 saturated heterocycles. The monoisotopic (exact) mass is 707 g/mol. The highest BCUT2D eigenvalue weighted by Crippen LogP contribution is 2.21. The number of aliphatic imine (C=N–C) groups is 2. The molecule has 5 rings (SSSR count). The summed E-state index contributed by atoms with van der Waals surface area (Å²) >= 11 is 0. The van der Waals surface area contributed by atoms with Crippen molar-refractivity contribution in [1.82, 2.24) is 45.4 Å². The van der Waals surface area contributed by atoms with Crippen LogP contribution in [0.3, 0.4) is 0 Å². The van der Waals surface area contributed by atoms with Crippen LogP contribution in [-0.2, 0) is 33.8 Å². The second kappa shape index (κ2) is 17.7. The lowest BCUT2D eigenvalue weighted by atomic mass is 10.0. The number of esters is 1.